The molecule has 3 rings (SSSR count). The number of hydrogen-bond donors (Lipinski definition) is 3. The first kappa shape index (κ1) is 11.5. The fourth-order valence-electron chi connectivity index (χ4n) is 2.05. The number of imidazole rings is 2. The van der Waals surface area contributed by atoms with Gasteiger partial charge < -0.3 is 15.1 Å². The van der Waals surface area contributed by atoms with Crippen LogP contribution in [-0.2, 0) is 11.2 Å². The number of aliphatic carboxylic acids is 1. The third kappa shape index (κ3) is 2.20. The summed E-state index contributed by atoms with van der Waals surface area (Å²) in [5, 5.41) is 8.72. The van der Waals surface area contributed by atoms with Crippen molar-refractivity contribution in [1.82, 2.24) is 19.9 Å². The number of carboxylic acids is 1. The van der Waals surface area contributed by atoms with Gasteiger partial charge in [0, 0.05) is 5.56 Å². The molecule has 0 aliphatic heterocycles. The van der Waals surface area contributed by atoms with Crippen LogP contribution in [-0.4, -0.2) is 31.0 Å². The van der Waals surface area contributed by atoms with Crippen LogP contribution in [0.3, 0.4) is 0 Å². The lowest BCUT2D eigenvalue weighted by Gasteiger charge is -1.97. The molecule has 0 aliphatic carbocycles. The van der Waals surface area contributed by atoms with Crippen LogP contribution in [0.1, 0.15) is 11.6 Å². The molecule has 3 N–H and O–H groups in total. The monoisotopic (exact) mass is 256 g/mol. The molecule has 0 saturated heterocycles. The van der Waals surface area contributed by atoms with Gasteiger partial charge in [0.1, 0.15) is 18.1 Å². The molecule has 0 fully saturated rings. The highest BCUT2D eigenvalue weighted by Crippen LogP contribution is 2.22. The van der Waals surface area contributed by atoms with Gasteiger partial charge in [-0.1, -0.05) is 6.07 Å². The van der Waals surface area contributed by atoms with Crippen molar-refractivity contribution in [1.29, 1.82) is 0 Å². The number of aromatic amines is 2. The average molecular weight is 256 g/mol. The van der Waals surface area contributed by atoms with E-state index in [4.69, 9.17) is 5.11 Å². The van der Waals surface area contributed by atoms with Gasteiger partial charge >= 0.3 is 5.97 Å². The Balaban J connectivity index is 1.98. The fourth-order valence-corrected chi connectivity index (χ4v) is 2.05. The van der Waals surface area contributed by atoms with E-state index in [0.717, 1.165) is 28.1 Å². The SMILES string of the molecule is Cc1nc2ccc(-c3cnc(CC(=O)O)[nH]3)cc2[nH]1. The summed E-state index contributed by atoms with van der Waals surface area (Å²) in [6.07, 6.45) is 1.54. The van der Waals surface area contributed by atoms with E-state index in [-0.39, 0.29) is 6.42 Å². The molecule has 96 valence electrons. The lowest BCUT2D eigenvalue weighted by Crippen LogP contribution is -2.01. The molecule has 6 nitrogen and oxygen atoms in total. The van der Waals surface area contributed by atoms with Crippen LogP contribution < -0.4 is 0 Å². The maximum atomic E-state index is 10.6. The molecule has 3 aromatic rings. The first-order valence-electron chi connectivity index (χ1n) is 5.84. The number of benzene rings is 1. The van der Waals surface area contributed by atoms with Crippen molar-refractivity contribution < 1.29 is 9.90 Å². The van der Waals surface area contributed by atoms with Gasteiger partial charge in [0.2, 0.25) is 0 Å². The van der Waals surface area contributed by atoms with Crippen molar-refractivity contribution >= 4 is 17.0 Å². The number of aromatic nitrogens is 4. The highest BCUT2D eigenvalue weighted by Gasteiger charge is 2.08. The van der Waals surface area contributed by atoms with E-state index >= 15 is 0 Å². The summed E-state index contributed by atoms with van der Waals surface area (Å²) >= 11 is 0. The molecular formula is C13H12N4O2. The molecule has 0 spiro atoms. The molecule has 1 aromatic carbocycles. The van der Waals surface area contributed by atoms with E-state index in [1.54, 1.807) is 6.20 Å². The van der Waals surface area contributed by atoms with Crippen LogP contribution in [0.5, 0.6) is 0 Å². The van der Waals surface area contributed by atoms with Gasteiger partial charge in [-0.3, -0.25) is 4.79 Å². The van der Waals surface area contributed by atoms with Crippen molar-refractivity contribution in [3.05, 3.63) is 36.0 Å². The maximum absolute atomic E-state index is 10.6. The number of rotatable bonds is 3. The standard InChI is InChI=1S/C13H12N4O2/c1-7-15-9-3-2-8(4-10(9)16-7)11-6-14-12(17-11)5-13(18)19/h2-4,6H,5H2,1H3,(H,14,17)(H,15,16)(H,18,19). The van der Waals surface area contributed by atoms with E-state index in [1.165, 1.54) is 0 Å². The van der Waals surface area contributed by atoms with Crippen molar-refractivity contribution in [2.24, 2.45) is 0 Å². The summed E-state index contributed by atoms with van der Waals surface area (Å²) in [6.45, 7) is 1.90. The van der Waals surface area contributed by atoms with Gasteiger partial charge in [-0.05, 0) is 19.1 Å². The Morgan fingerprint density at radius 1 is 1.37 bits per heavy atom. The summed E-state index contributed by atoms with van der Waals surface area (Å²) in [4.78, 5) is 25.2. The number of carbonyl (C=O) groups is 1. The Hall–Kier alpha value is -2.63. The summed E-state index contributed by atoms with van der Waals surface area (Å²) in [5.74, 6) is 0.409. The van der Waals surface area contributed by atoms with Crippen molar-refractivity contribution in [3.63, 3.8) is 0 Å². The van der Waals surface area contributed by atoms with E-state index in [2.05, 4.69) is 19.9 Å². The molecule has 19 heavy (non-hydrogen) atoms. The fraction of sp³-hybridized carbons (Fsp3) is 0.154. The zero-order valence-corrected chi connectivity index (χ0v) is 10.3. The van der Waals surface area contributed by atoms with Crippen LogP contribution in [0, 0.1) is 6.92 Å². The van der Waals surface area contributed by atoms with Crippen molar-refractivity contribution in [3.8, 4) is 11.3 Å². The minimum atomic E-state index is -0.902. The quantitative estimate of drug-likeness (QED) is 0.666. The number of fused-ring (bicyclic) bond motifs is 1. The number of hydrogen-bond acceptors (Lipinski definition) is 3. The minimum absolute atomic E-state index is 0.106. The molecule has 0 saturated carbocycles. The molecule has 0 aliphatic rings. The van der Waals surface area contributed by atoms with Gasteiger partial charge in [-0.2, -0.15) is 0 Å². The number of H-pyrrole nitrogens is 2. The molecule has 0 bridgehead atoms. The van der Waals surface area contributed by atoms with Crippen LogP contribution in [0.4, 0.5) is 0 Å². The molecule has 6 heteroatoms. The highest BCUT2D eigenvalue weighted by molar-refractivity contribution is 5.81. The Bertz CT molecular complexity index is 757. The second-order valence-electron chi connectivity index (χ2n) is 4.37. The molecule has 0 amide bonds. The molecule has 2 aromatic heterocycles. The molecule has 0 unspecified atom stereocenters. The van der Waals surface area contributed by atoms with Gasteiger partial charge in [-0.25, -0.2) is 9.97 Å². The maximum Gasteiger partial charge on any atom is 0.311 e. The Morgan fingerprint density at radius 3 is 3.00 bits per heavy atom. The van der Waals surface area contributed by atoms with Gasteiger partial charge in [0.05, 0.1) is 22.9 Å². The van der Waals surface area contributed by atoms with Crippen LogP contribution in [0.2, 0.25) is 0 Å². The van der Waals surface area contributed by atoms with E-state index in [0.29, 0.717) is 5.82 Å². The van der Waals surface area contributed by atoms with Gasteiger partial charge in [0.15, 0.2) is 0 Å². The van der Waals surface area contributed by atoms with E-state index in [9.17, 15) is 4.79 Å². The number of nitrogens with one attached hydrogen (secondary N) is 2. The normalized spacial score (nSPS) is 11.0. The first-order chi connectivity index (χ1) is 9.11. The first-order valence-corrected chi connectivity index (χ1v) is 5.84. The van der Waals surface area contributed by atoms with Crippen LogP contribution >= 0.6 is 0 Å². The third-order valence-electron chi connectivity index (χ3n) is 2.86. The molecular weight excluding hydrogens is 244 g/mol. The molecule has 2 heterocycles. The van der Waals surface area contributed by atoms with E-state index in [1.807, 2.05) is 25.1 Å². The molecule has 0 radical (unpaired) electrons. The molecule has 0 atom stereocenters. The number of nitrogens with zero attached hydrogens (tertiary/aromatic N) is 2. The second kappa shape index (κ2) is 4.24. The Kier molecular flexibility index (Phi) is 2.56. The zero-order chi connectivity index (χ0) is 13.4. The van der Waals surface area contributed by atoms with Crippen LogP contribution in [0.25, 0.3) is 22.3 Å². The number of carboxylic acid groups (broad SMARTS) is 1. The third-order valence-corrected chi connectivity index (χ3v) is 2.86. The number of aryl methyl sites for hydroxylation is 1. The average Bonchev–Trinajstić information content (AvgIpc) is 2.92. The second-order valence-corrected chi connectivity index (χ2v) is 4.37. The predicted octanol–water partition coefficient (Wildman–Crippen LogP) is 1.89. The summed E-state index contributed by atoms with van der Waals surface area (Å²) in [5.41, 5.74) is 3.60. The van der Waals surface area contributed by atoms with Gasteiger partial charge in [0.25, 0.3) is 0 Å². The minimum Gasteiger partial charge on any atom is -0.481 e. The summed E-state index contributed by atoms with van der Waals surface area (Å²) in [6, 6.07) is 5.82. The van der Waals surface area contributed by atoms with E-state index < -0.39 is 5.97 Å². The van der Waals surface area contributed by atoms with Gasteiger partial charge in [-0.15, -0.1) is 0 Å². The lowest BCUT2D eigenvalue weighted by atomic mass is 10.1. The zero-order valence-electron chi connectivity index (χ0n) is 10.3. The smallest absolute Gasteiger partial charge is 0.311 e. The van der Waals surface area contributed by atoms with Crippen LogP contribution in [0.15, 0.2) is 24.4 Å². The Labute approximate surface area is 108 Å². The topological polar surface area (TPSA) is 94.7 Å². The Morgan fingerprint density at radius 2 is 2.21 bits per heavy atom. The van der Waals surface area contributed by atoms with Crippen molar-refractivity contribution in [2.45, 2.75) is 13.3 Å². The summed E-state index contributed by atoms with van der Waals surface area (Å²) in [7, 11) is 0. The predicted molar refractivity (Wildman–Crippen MR) is 69.8 cm³/mol. The largest absolute Gasteiger partial charge is 0.481 e. The summed E-state index contributed by atoms with van der Waals surface area (Å²) < 4.78 is 0. The highest BCUT2D eigenvalue weighted by atomic mass is 16.4. The lowest BCUT2D eigenvalue weighted by molar-refractivity contribution is -0.136. The van der Waals surface area contributed by atoms with Crippen molar-refractivity contribution in [2.75, 3.05) is 0 Å².